The Hall–Kier alpha value is -3.25. The molecule has 1 heterocycles. The van der Waals surface area contributed by atoms with Crippen LogP contribution in [0, 0.1) is 10.1 Å². The lowest BCUT2D eigenvalue weighted by Gasteiger charge is -1.98. The minimum Gasteiger partial charge on any atom is -0.402 e. The molecule has 0 saturated heterocycles. The number of benzene rings is 2. The van der Waals surface area contributed by atoms with Crippen molar-refractivity contribution in [2.75, 3.05) is 0 Å². The molecule has 0 aliphatic carbocycles. The van der Waals surface area contributed by atoms with Crippen LogP contribution in [-0.2, 0) is 9.53 Å². The van der Waals surface area contributed by atoms with Gasteiger partial charge in [0.15, 0.2) is 5.70 Å². The fourth-order valence-electron chi connectivity index (χ4n) is 2.21. The second kappa shape index (κ2) is 7.11. The molecular formula is C18H11ClN2O4. The smallest absolute Gasteiger partial charge is 0.363 e. The van der Waals surface area contributed by atoms with Crippen LogP contribution in [0.15, 0.2) is 71.4 Å². The summed E-state index contributed by atoms with van der Waals surface area (Å²) in [5, 5.41) is 11.5. The first-order chi connectivity index (χ1) is 12.0. The highest BCUT2D eigenvalue weighted by atomic mass is 35.5. The summed E-state index contributed by atoms with van der Waals surface area (Å²) in [5.74, 6) is -0.431. The Labute approximate surface area is 147 Å². The van der Waals surface area contributed by atoms with Crippen molar-refractivity contribution < 1.29 is 14.5 Å². The lowest BCUT2D eigenvalue weighted by molar-refractivity contribution is -0.385. The number of esters is 1. The minimum absolute atomic E-state index is 0.0192. The summed E-state index contributed by atoms with van der Waals surface area (Å²) in [6.45, 7) is 0. The van der Waals surface area contributed by atoms with E-state index in [9.17, 15) is 14.9 Å². The molecule has 0 N–H and O–H groups in total. The monoisotopic (exact) mass is 354 g/mol. The van der Waals surface area contributed by atoms with Crippen molar-refractivity contribution in [3.63, 3.8) is 0 Å². The molecule has 0 fully saturated rings. The normalized spacial score (nSPS) is 15.5. The van der Waals surface area contributed by atoms with E-state index >= 15 is 0 Å². The van der Waals surface area contributed by atoms with Gasteiger partial charge in [-0.1, -0.05) is 35.9 Å². The van der Waals surface area contributed by atoms with Crippen LogP contribution < -0.4 is 0 Å². The predicted octanol–water partition coefficient (Wildman–Crippen LogP) is 4.15. The third-order valence-corrected chi connectivity index (χ3v) is 3.59. The number of aliphatic imine (C=N–C) groups is 1. The highest BCUT2D eigenvalue weighted by Gasteiger charge is 2.23. The van der Waals surface area contributed by atoms with Crippen molar-refractivity contribution in [1.29, 1.82) is 0 Å². The van der Waals surface area contributed by atoms with Crippen LogP contribution >= 0.6 is 11.6 Å². The number of ether oxygens (including phenoxy) is 1. The lowest BCUT2D eigenvalue weighted by Crippen LogP contribution is -2.05. The molecule has 0 aromatic heterocycles. The summed E-state index contributed by atoms with van der Waals surface area (Å²) >= 11 is 5.91. The molecule has 0 radical (unpaired) electrons. The summed E-state index contributed by atoms with van der Waals surface area (Å²) in [6, 6.07) is 13.1. The average Bonchev–Trinajstić information content (AvgIpc) is 2.96. The summed E-state index contributed by atoms with van der Waals surface area (Å²) in [6.07, 6.45) is 4.49. The van der Waals surface area contributed by atoms with E-state index in [0.717, 1.165) is 0 Å². The maximum atomic E-state index is 11.9. The van der Waals surface area contributed by atoms with Gasteiger partial charge >= 0.3 is 5.97 Å². The standard InChI is InChI=1S/C18H11ClN2O4/c19-14-8-3-7-13(11-14)17-20-15(18(22)25-17)9-4-6-12-5-1-2-10-16(12)21(23)24/h1-11H/b6-4+,15-9-. The Morgan fingerprint density at radius 1 is 1.16 bits per heavy atom. The maximum Gasteiger partial charge on any atom is 0.363 e. The Morgan fingerprint density at radius 3 is 2.72 bits per heavy atom. The molecule has 0 amide bonds. The summed E-state index contributed by atoms with van der Waals surface area (Å²) in [7, 11) is 0. The molecule has 2 aromatic rings. The second-order valence-corrected chi connectivity index (χ2v) is 5.48. The largest absolute Gasteiger partial charge is 0.402 e. The molecule has 0 bridgehead atoms. The van der Waals surface area contributed by atoms with Crippen molar-refractivity contribution in [3.05, 3.63) is 92.6 Å². The number of cyclic esters (lactones) is 1. The molecule has 0 unspecified atom stereocenters. The predicted molar refractivity (Wildman–Crippen MR) is 94.3 cm³/mol. The van der Waals surface area contributed by atoms with Crippen LogP contribution in [0.2, 0.25) is 5.02 Å². The van der Waals surface area contributed by atoms with E-state index in [1.165, 1.54) is 24.3 Å². The number of rotatable bonds is 4. The van der Waals surface area contributed by atoms with Crippen LogP contribution in [0.5, 0.6) is 0 Å². The molecule has 0 saturated carbocycles. The first kappa shape index (κ1) is 16.6. The Kier molecular flexibility index (Phi) is 4.72. The van der Waals surface area contributed by atoms with Gasteiger partial charge in [-0.2, -0.15) is 0 Å². The fourth-order valence-corrected chi connectivity index (χ4v) is 2.40. The Morgan fingerprint density at radius 2 is 1.96 bits per heavy atom. The van der Waals surface area contributed by atoms with E-state index < -0.39 is 10.9 Å². The van der Waals surface area contributed by atoms with Crippen molar-refractivity contribution >= 4 is 35.2 Å². The molecule has 2 aromatic carbocycles. The Bertz CT molecular complexity index is 948. The molecule has 6 nitrogen and oxygen atoms in total. The summed E-state index contributed by atoms with van der Waals surface area (Å²) in [5.41, 5.74) is 1.10. The molecule has 1 aliphatic heterocycles. The van der Waals surface area contributed by atoms with Crippen LogP contribution in [0.1, 0.15) is 11.1 Å². The molecule has 1 aliphatic rings. The van der Waals surface area contributed by atoms with Crippen LogP contribution in [0.3, 0.4) is 0 Å². The van der Waals surface area contributed by atoms with Gasteiger partial charge in [-0.05, 0) is 36.4 Å². The van der Waals surface area contributed by atoms with Gasteiger partial charge in [0.1, 0.15) is 0 Å². The van der Waals surface area contributed by atoms with Gasteiger partial charge < -0.3 is 4.74 Å². The van der Waals surface area contributed by atoms with Crippen LogP contribution in [0.4, 0.5) is 5.69 Å². The summed E-state index contributed by atoms with van der Waals surface area (Å²) in [4.78, 5) is 26.5. The summed E-state index contributed by atoms with van der Waals surface area (Å²) < 4.78 is 5.12. The van der Waals surface area contributed by atoms with E-state index in [2.05, 4.69) is 4.99 Å². The minimum atomic E-state index is -0.595. The van der Waals surface area contributed by atoms with E-state index in [0.29, 0.717) is 16.1 Å². The topological polar surface area (TPSA) is 81.8 Å². The molecular weight excluding hydrogens is 344 g/mol. The number of halogens is 1. The number of hydrogen-bond acceptors (Lipinski definition) is 5. The van der Waals surface area contributed by atoms with E-state index in [-0.39, 0.29) is 17.3 Å². The molecule has 25 heavy (non-hydrogen) atoms. The number of hydrogen-bond donors (Lipinski definition) is 0. The number of allylic oxidation sites excluding steroid dienone is 2. The van der Waals surface area contributed by atoms with Crippen molar-refractivity contribution in [1.82, 2.24) is 0 Å². The van der Waals surface area contributed by atoms with Gasteiger partial charge in [0.25, 0.3) is 5.69 Å². The Balaban J connectivity index is 1.84. The second-order valence-electron chi connectivity index (χ2n) is 5.04. The van der Waals surface area contributed by atoms with Crippen molar-refractivity contribution in [2.45, 2.75) is 0 Å². The SMILES string of the molecule is O=C1OC(c2cccc(Cl)c2)=N/C1=C\C=C\c1ccccc1[N+](=O)[O-]. The molecule has 3 rings (SSSR count). The van der Waals surface area contributed by atoms with Crippen LogP contribution in [0.25, 0.3) is 6.08 Å². The van der Waals surface area contributed by atoms with E-state index in [1.807, 2.05) is 0 Å². The zero-order valence-electron chi connectivity index (χ0n) is 12.8. The molecule has 0 atom stereocenters. The lowest BCUT2D eigenvalue weighted by atomic mass is 10.1. The maximum absolute atomic E-state index is 11.9. The number of carbonyl (C=O) groups is 1. The van der Waals surface area contributed by atoms with Gasteiger partial charge in [-0.25, -0.2) is 9.79 Å². The van der Waals surface area contributed by atoms with Crippen molar-refractivity contribution in [3.8, 4) is 0 Å². The first-order valence-electron chi connectivity index (χ1n) is 7.23. The number of carbonyl (C=O) groups excluding carboxylic acids is 1. The number of para-hydroxylation sites is 1. The third-order valence-electron chi connectivity index (χ3n) is 3.36. The third kappa shape index (κ3) is 3.81. The average molecular weight is 355 g/mol. The van der Waals surface area contributed by atoms with Gasteiger partial charge in [0.2, 0.25) is 5.90 Å². The number of nitro groups is 1. The molecule has 124 valence electrons. The quantitative estimate of drug-likeness (QED) is 0.357. The van der Waals surface area contributed by atoms with E-state index in [4.69, 9.17) is 16.3 Å². The van der Waals surface area contributed by atoms with Crippen LogP contribution in [-0.4, -0.2) is 16.8 Å². The van der Waals surface area contributed by atoms with Gasteiger partial charge in [0.05, 0.1) is 10.5 Å². The molecule has 0 spiro atoms. The molecule has 7 heteroatoms. The highest BCUT2D eigenvalue weighted by Crippen LogP contribution is 2.21. The number of nitrogens with zero attached hydrogens (tertiary/aromatic N) is 2. The van der Waals surface area contributed by atoms with Crippen molar-refractivity contribution in [2.24, 2.45) is 4.99 Å². The fraction of sp³-hybridized carbons (Fsp3) is 0. The van der Waals surface area contributed by atoms with E-state index in [1.54, 1.807) is 42.5 Å². The highest BCUT2D eigenvalue weighted by molar-refractivity contribution is 6.31. The van der Waals surface area contributed by atoms with Gasteiger partial charge in [0, 0.05) is 16.7 Å². The number of nitro benzene ring substituents is 1. The first-order valence-corrected chi connectivity index (χ1v) is 7.61. The zero-order chi connectivity index (χ0) is 17.8. The van der Waals surface area contributed by atoms with Gasteiger partial charge in [-0.3, -0.25) is 10.1 Å². The van der Waals surface area contributed by atoms with Gasteiger partial charge in [-0.15, -0.1) is 0 Å². The zero-order valence-corrected chi connectivity index (χ0v) is 13.5.